The van der Waals surface area contributed by atoms with Crippen molar-refractivity contribution in [3.8, 4) is 11.1 Å². The summed E-state index contributed by atoms with van der Waals surface area (Å²) in [6.07, 6.45) is -0.0341. The number of esters is 1. The summed E-state index contributed by atoms with van der Waals surface area (Å²) in [6, 6.07) is 16.0. The molecule has 5 rings (SSSR count). The van der Waals surface area contributed by atoms with Gasteiger partial charge < -0.3 is 19.5 Å². The summed E-state index contributed by atoms with van der Waals surface area (Å²) in [7, 11) is 0. The van der Waals surface area contributed by atoms with Gasteiger partial charge in [-0.3, -0.25) is 4.79 Å². The summed E-state index contributed by atoms with van der Waals surface area (Å²) in [5, 5.41) is 2.84. The Labute approximate surface area is 169 Å². The summed E-state index contributed by atoms with van der Waals surface area (Å²) in [4.78, 5) is 24.7. The Morgan fingerprint density at radius 2 is 1.69 bits per heavy atom. The first kappa shape index (κ1) is 18.2. The lowest BCUT2D eigenvalue weighted by atomic mass is 9.98. The van der Waals surface area contributed by atoms with E-state index in [1.165, 1.54) is 11.1 Å². The molecule has 6 heteroatoms. The number of hydrogen-bond acceptors (Lipinski definition) is 5. The van der Waals surface area contributed by atoms with Crippen molar-refractivity contribution >= 4 is 12.1 Å². The molecule has 150 valence electrons. The fourth-order valence-electron chi connectivity index (χ4n) is 4.74. The smallest absolute Gasteiger partial charge is 0.407 e. The number of rotatable bonds is 5. The average molecular weight is 393 g/mol. The van der Waals surface area contributed by atoms with Crippen LogP contribution >= 0.6 is 0 Å². The first-order valence-corrected chi connectivity index (χ1v) is 10.1. The van der Waals surface area contributed by atoms with Gasteiger partial charge in [-0.2, -0.15) is 0 Å². The lowest BCUT2D eigenvalue weighted by Gasteiger charge is -2.22. The SMILES string of the molecule is CCOC(=O)[C@@H]1C[C@@H]2O[C@@H]2[C@@H]1NC(=O)OCC1c2ccccc2-c2ccccc21. The molecule has 1 N–H and O–H groups in total. The van der Waals surface area contributed by atoms with Crippen LogP contribution in [-0.2, 0) is 19.0 Å². The highest BCUT2D eigenvalue weighted by molar-refractivity contribution is 5.79. The van der Waals surface area contributed by atoms with Crippen LogP contribution in [0.25, 0.3) is 11.1 Å². The molecule has 1 aliphatic heterocycles. The van der Waals surface area contributed by atoms with Crippen molar-refractivity contribution in [3.63, 3.8) is 0 Å². The van der Waals surface area contributed by atoms with Crippen LogP contribution in [0.4, 0.5) is 4.79 Å². The lowest BCUT2D eigenvalue weighted by molar-refractivity contribution is -0.149. The van der Waals surface area contributed by atoms with E-state index in [2.05, 4.69) is 29.6 Å². The Hall–Kier alpha value is -2.86. The molecule has 29 heavy (non-hydrogen) atoms. The standard InChI is InChI=1S/C23H23NO5/c1-2-27-22(25)17-11-19-21(29-19)20(17)24-23(26)28-12-18-15-9-5-3-7-13(15)14-8-4-6-10-16(14)18/h3-10,17-21H,2,11-12H2,1H3,(H,24,26)/t17-,19+,20-,21+/m1/s1. The van der Waals surface area contributed by atoms with Crippen LogP contribution < -0.4 is 5.32 Å². The van der Waals surface area contributed by atoms with Gasteiger partial charge in [-0.25, -0.2) is 4.79 Å². The van der Waals surface area contributed by atoms with Gasteiger partial charge in [-0.15, -0.1) is 0 Å². The summed E-state index contributed by atoms with van der Waals surface area (Å²) >= 11 is 0. The third kappa shape index (κ3) is 3.17. The molecule has 0 radical (unpaired) electrons. The first-order chi connectivity index (χ1) is 14.2. The van der Waals surface area contributed by atoms with E-state index in [1.807, 2.05) is 24.3 Å². The first-order valence-electron chi connectivity index (χ1n) is 10.1. The number of ether oxygens (including phenoxy) is 3. The van der Waals surface area contributed by atoms with Crippen LogP contribution in [0.5, 0.6) is 0 Å². The average Bonchev–Trinajstić information content (AvgIpc) is 3.32. The van der Waals surface area contributed by atoms with Crippen molar-refractivity contribution in [2.24, 2.45) is 5.92 Å². The van der Waals surface area contributed by atoms with E-state index in [-0.39, 0.29) is 36.6 Å². The van der Waals surface area contributed by atoms with Gasteiger partial charge in [0.15, 0.2) is 0 Å². The molecule has 0 bridgehead atoms. The molecular formula is C23H23NO5. The number of carbonyl (C=O) groups excluding carboxylic acids is 2. The van der Waals surface area contributed by atoms with E-state index >= 15 is 0 Å². The minimum absolute atomic E-state index is 0.00232. The van der Waals surface area contributed by atoms with Gasteiger partial charge >= 0.3 is 12.1 Å². The largest absolute Gasteiger partial charge is 0.466 e. The molecule has 1 saturated heterocycles. The van der Waals surface area contributed by atoms with Crippen LogP contribution in [-0.4, -0.2) is 43.5 Å². The Morgan fingerprint density at radius 1 is 1.03 bits per heavy atom. The number of epoxide rings is 1. The quantitative estimate of drug-likeness (QED) is 0.623. The van der Waals surface area contributed by atoms with Crippen LogP contribution in [0.1, 0.15) is 30.4 Å². The highest BCUT2D eigenvalue weighted by atomic mass is 16.6. The van der Waals surface area contributed by atoms with E-state index < -0.39 is 12.1 Å². The second kappa shape index (κ2) is 7.19. The maximum Gasteiger partial charge on any atom is 0.407 e. The van der Waals surface area contributed by atoms with E-state index in [9.17, 15) is 9.59 Å². The molecule has 1 saturated carbocycles. The lowest BCUT2D eigenvalue weighted by Crippen LogP contribution is -2.45. The summed E-state index contributed by atoms with van der Waals surface area (Å²) < 4.78 is 16.3. The van der Waals surface area contributed by atoms with Crippen molar-refractivity contribution in [1.29, 1.82) is 0 Å². The molecule has 4 atom stereocenters. The van der Waals surface area contributed by atoms with Gasteiger partial charge in [0.1, 0.15) is 12.7 Å². The second-order valence-electron chi connectivity index (χ2n) is 7.73. The van der Waals surface area contributed by atoms with Gasteiger partial charge in [-0.1, -0.05) is 48.5 Å². The monoisotopic (exact) mass is 393 g/mol. The van der Waals surface area contributed by atoms with Crippen LogP contribution in [0.2, 0.25) is 0 Å². The summed E-state index contributed by atoms with van der Waals surface area (Å²) in [5.41, 5.74) is 4.70. The molecule has 0 spiro atoms. The van der Waals surface area contributed by atoms with E-state index in [0.29, 0.717) is 13.0 Å². The number of amides is 1. The van der Waals surface area contributed by atoms with Gasteiger partial charge in [0.2, 0.25) is 0 Å². The van der Waals surface area contributed by atoms with Crippen LogP contribution in [0, 0.1) is 5.92 Å². The maximum absolute atomic E-state index is 12.5. The summed E-state index contributed by atoms with van der Waals surface area (Å²) in [6.45, 7) is 2.34. The Morgan fingerprint density at radius 3 is 2.34 bits per heavy atom. The zero-order valence-electron chi connectivity index (χ0n) is 16.2. The highest BCUT2D eigenvalue weighted by Gasteiger charge is 2.59. The summed E-state index contributed by atoms with van der Waals surface area (Å²) in [5.74, 6) is -0.658. The molecule has 0 unspecified atom stereocenters. The third-order valence-corrected chi connectivity index (χ3v) is 6.11. The van der Waals surface area contributed by atoms with Crippen molar-refractivity contribution < 1.29 is 23.8 Å². The number of benzene rings is 2. The normalized spacial score (nSPS) is 26.2. The molecule has 3 aliphatic rings. The van der Waals surface area contributed by atoms with E-state index in [4.69, 9.17) is 14.2 Å². The Kier molecular flexibility index (Phi) is 4.51. The number of carbonyl (C=O) groups is 2. The molecule has 0 aromatic heterocycles. The predicted molar refractivity (Wildman–Crippen MR) is 105 cm³/mol. The van der Waals surface area contributed by atoms with Gasteiger partial charge in [0.25, 0.3) is 0 Å². The second-order valence-corrected chi connectivity index (χ2v) is 7.73. The van der Waals surface area contributed by atoms with Gasteiger partial charge in [0, 0.05) is 5.92 Å². The van der Waals surface area contributed by atoms with Crippen molar-refractivity contribution in [3.05, 3.63) is 59.7 Å². The Balaban J connectivity index is 1.26. The molecule has 2 aromatic carbocycles. The number of fused-ring (bicyclic) bond motifs is 4. The maximum atomic E-state index is 12.5. The third-order valence-electron chi connectivity index (χ3n) is 6.11. The van der Waals surface area contributed by atoms with Crippen LogP contribution in [0.3, 0.4) is 0 Å². The van der Waals surface area contributed by atoms with Crippen molar-refractivity contribution in [2.75, 3.05) is 13.2 Å². The molecule has 1 amide bonds. The van der Waals surface area contributed by atoms with Crippen LogP contribution in [0.15, 0.2) is 48.5 Å². The fraction of sp³-hybridized carbons (Fsp3) is 0.391. The van der Waals surface area contributed by atoms with Gasteiger partial charge in [-0.05, 0) is 35.6 Å². The molecule has 2 aliphatic carbocycles. The van der Waals surface area contributed by atoms with Crippen molar-refractivity contribution in [2.45, 2.75) is 37.5 Å². The predicted octanol–water partition coefficient (Wildman–Crippen LogP) is 3.24. The highest BCUT2D eigenvalue weighted by Crippen LogP contribution is 2.45. The molecule has 6 nitrogen and oxygen atoms in total. The minimum Gasteiger partial charge on any atom is -0.466 e. The van der Waals surface area contributed by atoms with Gasteiger partial charge in [0.05, 0.1) is 24.7 Å². The topological polar surface area (TPSA) is 77.2 Å². The molecular weight excluding hydrogens is 370 g/mol. The fourth-order valence-corrected chi connectivity index (χ4v) is 4.74. The minimum atomic E-state index is -0.526. The van der Waals surface area contributed by atoms with E-state index in [0.717, 1.165) is 11.1 Å². The number of nitrogens with one attached hydrogen (secondary N) is 1. The number of hydrogen-bond donors (Lipinski definition) is 1. The zero-order valence-corrected chi connectivity index (χ0v) is 16.2. The molecule has 1 heterocycles. The zero-order chi connectivity index (χ0) is 20.0. The number of alkyl carbamates (subject to hydrolysis) is 1. The van der Waals surface area contributed by atoms with Crippen molar-refractivity contribution in [1.82, 2.24) is 5.32 Å². The van der Waals surface area contributed by atoms with E-state index in [1.54, 1.807) is 6.92 Å². The molecule has 2 aromatic rings. The Bertz CT molecular complexity index is 912. The molecule has 2 fully saturated rings.